The molecule has 1 N–H and O–H groups in total. The minimum Gasteiger partial charge on any atom is -0.447 e. The number of hydrogen-bond donors (Lipinski definition) is 1. The Hall–Kier alpha value is -1.04. The zero-order chi connectivity index (χ0) is 9.80. The molecule has 0 amide bonds. The quantitative estimate of drug-likeness (QED) is 0.886. The van der Waals surface area contributed by atoms with Gasteiger partial charge in [-0.2, -0.15) is 0 Å². The van der Waals surface area contributed by atoms with Gasteiger partial charge < -0.3 is 9.73 Å². The standard InChI is InChI=1S/C10H9IN2O/c11-9-3-1-2-4-10(9)13-6-8-5-12-7-14-8/h1-5,7,13H,6H2. The van der Waals surface area contributed by atoms with Crippen molar-refractivity contribution < 1.29 is 4.42 Å². The maximum atomic E-state index is 5.12. The van der Waals surface area contributed by atoms with E-state index < -0.39 is 0 Å². The molecule has 0 aliphatic carbocycles. The summed E-state index contributed by atoms with van der Waals surface area (Å²) in [5.41, 5.74) is 1.12. The lowest BCUT2D eigenvalue weighted by Gasteiger charge is -2.05. The number of hydrogen-bond acceptors (Lipinski definition) is 3. The summed E-state index contributed by atoms with van der Waals surface area (Å²) in [6, 6.07) is 8.12. The van der Waals surface area contributed by atoms with Crippen LogP contribution in [0, 0.1) is 3.57 Å². The number of para-hydroxylation sites is 1. The summed E-state index contributed by atoms with van der Waals surface area (Å²) in [5.74, 6) is 0.838. The molecule has 0 saturated carbocycles. The van der Waals surface area contributed by atoms with Crippen molar-refractivity contribution in [3.05, 3.63) is 46.2 Å². The maximum absolute atomic E-state index is 5.12. The van der Waals surface area contributed by atoms with E-state index in [1.54, 1.807) is 6.20 Å². The minimum atomic E-state index is 0.667. The van der Waals surface area contributed by atoms with E-state index in [0.29, 0.717) is 6.54 Å². The molecule has 1 aromatic carbocycles. The number of nitrogens with one attached hydrogen (secondary N) is 1. The molecule has 0 bridgehead atoms. The molecular weight excluding hydrogens is 291 g/mol. The van der Waals surface area contributed by atoms with E-state index in [2.05, 4.69) is 39.0 Å². The second-order valence-electron chi connectivity index (χ2n) is 2.80. The van der Waals surface area contributed by atoms with Gasteiger partial charge in [-0.05, 0) is 34.7 Å². The third kappa shape index (κ3) is 2.25. The van der Waals surface area contributed by atoms with Crippen LogP contribution >= 0.6 is 22.6 Å². The highest BCUT2D eigenvalue weighted by molar-refractivity contribution is 14.1. The molecule has 2 rings (SSSR count). The maximum Gasteiger partial charge on any atom is 0.180 e. The predicted octanol–water partition coefficient (Wildman–Crippen LogP) is 2.89. The fraction of sp³-hybridized carbons (Fsp3) is 0.100. The second kappa shape index (κ2) is 4.45. The Balaban J connectivity index is 2.02. The predicted molar refractivity (Wildman–Crippen MR) is 63.0 cm³/mol. The van der Waals surface area contributed by atoms with E-state index in [9.17, 15) is 0 Å². The van der Waals surface area contributed by atoms with Crippen LogP contribution < -0.4 is 5.32 Å². The van der Waals surface area contributed by atoms with Gasteiger partial charge in [-0.15, -0.1) is 0 Å². The van der Waals surface area contributed by atoms with E-state index in [-0.39, 0.29) is 0 Å². The second-order valence-corrected chi connectivity index (χ2v) is 3.96. The molecule has 1 aromatic heterocycles. The number of rotatable bonds is 3. The van der Waals surface area contributed by atoms with Crippen molar-refractivity contribution in [2.75, 3.05) is 5.32 Å². The van der Waals surface area contributed by atoms with Crippen LogP contribution in [0.4, 0.5) is 5.69 Å². The summed E-state index contributed by atoms with van der Waals surface area (Å²) in [4.78, 5) is 3.85. The first-order valence-corrected chi connectivity index (χ1v) is 5.30. The number of anilines is 1. The average molecular weight is 300 g/mol. The van der Waals surface area contributed by atoms with E-state index in [1.165, 1.54) is 9.96 Å². The number of aromatic nitrogens is 1. The van der Waals surface area contributed by atoms with Gasteiger partial charge in [0, 0.05) is 9.26 Å². The fourth-order valence-corrected chi connectivity index (χ4v) is 1.69. The van der Waals surface area contributed by atoms with E-state index in [0.717, 1.165) is 11.4 Å². The first-order valence-electron chi connectivity index (χ1n) is 4.22. The van der Waals surface area contributed by atoms with Gasteiger partial charge in [-0.1, -0.05) is 12.1 Å². The Kier molecular flexibility index (Phi) is 3.03. The van der Waals surface area contributed by atoms with Crippen molar-refractivity contribution in [1.29, 1.82) is 0 Å². The zero-order valence-electron chi connectivity index (χ0n) is 7.40. The van der Waals surface area contributed by atoms with E-state index in [1.807, 2.05) is 18.2 Å². The molecule has 0 radical (unpaired) electrons. The Morgan fingerprint density at radius 2 is 2.21 bits per heavy atom. The van der Waals surface area contributed by atoms with Crippen LogP contribution in [0.25, 0.3) is 0 Å². The third-order valence-electron chi connectivity index (χ3n) is 1.81. The molecule has 4 heteroatoms. The highest BCUT2D eigenvalue weighted by atomic mass is 127. The van der Waals surface area contributed by atoms with Gasteiger partial charge in [0.05, 0.1) is 12.7 Å². The summed E-state index contributed by atoms with van der Waals surface area (Å²) in [6.07, 6.45) is 3.15. The minimum absolute atomic E-state index is 0.667. The summed E-state index contributed by atoms with van der Waals surface area (Å²) in [5, 5.41) is 3.27. The normalized spacial score (nSPS) is 10.1. The van der Waals surface area contributed by atoms with Gasteiger partial charge in [-0.25, -0.2) is 4.98 Å². The van der Waals surface area contributed by atoms with Gasteiger partial charge in [0.1, 0.15) is 5.76 Å². The first kappa shape index (κ1) is 9.51. The summed E-state index contributed by atoms with van der Waals surface area (Å²) in [7, 11) is 0. The highest BCUT2D eigenvalue weighted by Crippen LogP contribution is 2.17. The number of oxazole rings is 1. The van der Waals surface area contributed by atoms with E-state index in [4.69, 9.17) is 4.42 Å². The molecule has 1 heterocycles. The van der Waals surface area contributed by atoms with Crippen LogP contribution in [-0.4, -0.2) is 4.98 Å². The molecule has 3 nitrogen and oxygen atoms in total. The Labute approximate surface area is 95.7 Å². The lowest BCUT2D eigenvalue weighted by Crippen LogP contribution is -1.99. The highest BCUT2D eigenvalue weighted by Gasteiger charge is 1.99. The number of nitrogens with zero attached hydrogens (tertiary/aromatic N) is 1. The van der Waals surface area contributed by atoms with Crippen LogP contribution in [0.1, 0.15) is 5.76 Å². The van der Waals surface area contributed by atoms with Crippen LogP contribution in [0.5, 0.6) is 0 Å². The Morgan fingerprint density at radius 1 is 1.36 bits per heavy atom. The molecule has 0 saturated heterocycles. The molecule has 0 atom stereocenters. The molecule has 0 fully saturated rings. The van der Waals surface area contributed by atoms with Crippen molar-refractivity contribution in [2.45, 2.75) is 6.54 Å². The van der Waals surface area contributed by atoms with Crippen molar-refractivity contribution >= 4 is 28.3 Å². The van der Waals surface area contributed by atoms with Crippen LogP contribution in [0.3, 0.4) is 0 Å². The molecule has 0 unspecified atom stereocenters. The summed E-state index contributed by atoms with van der Waals surface area (Å²) in [6.45, 7) is 0.667. The van der Waals surface area contributed by atoms with Crippen molar-refractivity contribution in [2.24, 2.45) is 0 Å². The molecule has 0 aliphatic heterocycles. The molecular formula is C10H9IN2O. The van der Waals surface area contributed by atoms with Crippen LogP contribution in [0.15, 0.2) is 41.3 Å². The molecule has 0 aliphatic rings. The monoisotopic (exact) mass is 300 g/mol. The van der Waals surface area contributed by atoms with Gasteiger partial charge >= 0.3 is 0 Å². The smallest absolute Gasteiger partial charge is 0.180 e. The van der Waals surface area contributed by atoms with Crippen molar-refractivity contribution in [3.8, 4) is 0 Å². The summed E-state index contributed by atoms with van der Waals surface area (Å²) >= 11 is 2.29. The molecule has 0 spiro atoms. The zero-order valence-corrected chi connectivity index (χ0v) is 9.56. The van der Waals surface area contributed by atoms with Gasteiger partial charge in [0.25, 0.3) is 0 Å². The molecule has 72 valence electrons. The SMILES string of the molecule is Ic1ccccc1NCc1cnco1. The topological polar surface area (TPSA) is 38.1 Å². The molecule has 14 heavy (non-hydrogen) atoms. The van der Waals surface area contributed by atoms with E-state index >= 15 is 0 Å². The average Bonchev–Trinajstić information content (AvgIpc) is 2.69. The summed E-state index contributed by atoms with van der Waals surface area (Å²) < 4.78 is 6.32. The number of benzene rings is 1. The van der Waals surface area contributed by atoms with Crippen LogP contribution in [-0.2, 0) is 6.54 Å². The largest absolute Gasteiger partial charge is 0.447 e. The van der Waals surface area contributed by atoms with Gasteiger partial charge in [0.2, 0.25) is 0 Å². The van der Waals surface area contributed by atoms with Gasteiger partial charge in [0.15, 0.2) is 6.39 Å². The Morgan fingerprint density at radius 3 is 2.93 bits per heavy atom. The molecule has 2 aromatic rings. The fourth-order valence-electron chi connectivity index (χ4n) is 1.12. The number of halogens is 1. The lowest BCUT2D eigenvalue weighted by molar-refractivity contribution is 0.511. The van der Waals surface area contributed by atoms with Crippen LogP contribution in [0.2, 0.25) is 0 Å². The van der Waals surface area contributed by atoms with Crippen molar-refractivity contribution in [1.82, 2.24) is 4.98 Å². The van der Waals surface area contributed by atoms with Gasteiger partial charge in [-0.3, -0.25) is 0 Å². The Bertz CT molecular complexity index is 400. The van der Waals surface area contributed by atoms with Crippen molar-refractivity contribution in [3.63, 3.8) is 0 Å². The lowest BCUT2D eigenvalue weighted by atomic mass is 10.3. The third-order valence-corrected chi connectivity index (χ3v) is 2.75. The first-order chi connectivity index (χ1) is 6.86.